The Morgan fingerprint density at radius 1 is 0.958 bits per heavy atom. The van der Waals surface area contributed by atoms with E-state index >= 15 is 0 Å². The van der Waals surface area contributed by atoms with Gasteiger partial charge in [-0.25, -0.2) is 9.18 Å². The first-order valence-electron chi connectivity index (χ1n) is 7.31. The minimum Gasteiger partial charge on any atom is -0.462 e. The smallest absolute Gasteiger partial charge is 0.342 e. The first-order valence-corrected chi connectivity index (χ1v) is 7.31. The minimum absolute atomic E-state index is 0.0724. The zero-order valence-electron chi connectivity index (χ0n) is 13.0. The van der Waals surface area contributed by atoms with Crippen LogP contribution in [0.5, 0.6) is 0 Å². The van der Waals surface area contributed by atoms with Crippen LogP contribution >= 0.6 is 0 Å². The summed E-state index contributed by atoms with van der Waals surface area (Å²) in [4.78, 5) is 36.8. The van der Waals surface area contributed by atoms with Crippen molar-refractivity contribution in [2.24, 2.45) is 0 Å². The third-order valence-electron chi connectivity index (χ3n) is 3.18. The van der Waals surface area contributed by atoms with Crippen LogP contribution < -0.4 is 0 Å². The Kier molecular flexibility index (Phi) is 5.73. The fourth-order valence-electron chi connectivity index (χ4n) is 2.00. The van der Waals surface area contributed by atoms with Crippen molar-refractivity contribution < 1.29 is 23.5 Å². The topological polar surface area (TPSA) is 60.4 Å². The summed E-state index contributed by atoms with van der Waals surface area (Å²) in [5.74, 6) is -2.55. The quantitative estimate of drug-likeness (QED) is 0.268. The molecule has 0 saturated heterocycles. The second kappa shape index (κ2) is 7.97. The number of esters is 1. The number of hydrogen-bond acceptors (Lipinski definition) is 4. The number of allylic oxidation sites excluding steroid dienone is 1. The molecule has 2 aromatic rings. The van der Waals surface area contributed by atoms with Crippen LogP contribution in [0.15, 0.2) is 66.2 Å². The van der Waals surface area contributed by atoms with Crippen LogP contribution in [0.1, 0.15) is 27.6 Å². The molecule has 0 saturated carbocycles. The van der Waals surface area contributed by atoms with E-state index in [1.807, 2.05) is 0 Å². The van der Waals surface area contributed by atoms with Crippen LogP contribution in [-0.4, -0.2) is 24.1 Å². The second-order valence-electron chi connectivity index (χ2n) is 4.84. The summed E-state index contributed by atoms with van der Waals surface area (Å²) in [5, 5.41) is 0. The van der Waals surface area contributed by atoms with Crippen molar-refractivity contribution >= 4 is 17.5 Å². The molecule has 0 radical (unpaired) electrons. The van der Waals surface area contributed by atoms with Crippen LogP contribution in [0.3, 0.4) is 0 Å². The largest absolute Gasteiger partial charge is 0.462 e. The monoisotopic (exact) mass is 326 g/mol. The van der Waals surface area contributed by atoms with Crippen LogP contribution in [0.4, 0.5) is 4.39 Å². The SMILES string of the molecule is CCOC(=O)/C(=C\C(=O)c1ccc(F)cc1)C(=O)c1ccccc1. The lowest BCUT2D eigenvalue weighted by molar-refractivity contribution is -0.138. The lowest BCUT2D eigenvalue weighted by Crippen LogP contribution is -2.18. The third-order valence-corrected chi connectivity index (χ3v) is 3.18. The predicted octanol–water partition coefficient (Wildman–Crippen LogP) is 3.38. The molecular weight excluding hydrogens is 311 g/mol. The average molecular weight is 326 g/mol. The molecule has 2 aromatic carbocycles. The van der Waals surface area contributed by atoms with E-state index in [9.17, 15) is 18.8 Å². The Morgan fingerprint density at radius 3 is 2.17 bits per heavy atom. The number of halogens is 1. The molecule has 0 N–H and O–H groups in total. The van der Waals surface area contributed by atoms with E-state index in [1.54, 1.807) is 25.1 Å². The highest BCUT2D eigenvalue weighted by Crippen LogP contribution is 2.13. The van der Waals surface area contributed by atoms with Crippen LogP contribution in [0, 0.1) is 5.82 Å². The number of ketones is 2. The maximum absolute atomic E-state index is 12.9. The van der Waals surface area contributed by atoms with Crippen LogP contribution in [0.2, 0.25) is 0 Å². The van der Waals surface area contributed by atoms with Crippen molar-refractivity contribution in [2.75, 3.05) is 6.61 Å². The van der Waals surface area contributed by atoms with E-state index < -0.39 is 23.4 Å². The molecule has 0 aliphatic carbocycles. The van der Waals surface area contributed by atoms with Gasteiger partial charge in [-0.15, -0.1) is 0 Å². The highest BCUT2D eigenvalue weighted by molar-refractivity contribution is 6.27. The predicted molar refractivity (Wildman–Crippen MR) is 86.2 cm³/mol. The molecule has 0 fully saturated rings. The van der Waals surface area contributed by atoms with E-state index in [4.69, 9.17) is 4.74 Å². The van der Waals surface area contributed by atoms with Crippen molar-refractivity contribution in [1.29, 1.82) is 0 Å². The lowest BCUT2D eigenvalue weighted by Gasteiger charge is -2.06. The molecule has 4 nitrogen and oxygen atoms in total. The summed E-state index contributed by atoms with van der Waals surface area (Å²) in [5.41, 5.74) is 0.0696. The van der Waals surface area contributed by atoms with Gasteiger partial charge >= 0.3 is 5.97 Å². The van der Waals surface area contributed by atoms with Gasteiger partial charge in [-0.1, -0.05) is 30.3 Å². The van der Waals surface area contributed by atoms with Gasteiger partial charge < -0.3 is 4.74 Å². The van der Waals surface area contributed by atoms with Gasteiger partial charge in [-0.2, -0.15) is 0 Å². The second-order valence-corrected chi connectivity index (χ2v) is 4.84. The van der Waals surface area contributed by atoms with Crippen molar-refractivity contribution in [2.45, 2.75) is 6.92 Å². The standard InChI is InChI=1S/C19H15FO4/c1-2-24-19(23)16(18(22)14-6-4-3-5-7-14)12-17(21)13-8-10-15(20)11-9-13/h3-12H,2H2,1H3/b16-12-. The molecule has 0 atom stereocenters. The van der Waals surface area contributed by atoms with E-state index in [0.29, 0.717) is 0 Å². The molecule has 0 aliphatic rings. The molecular formula is C19H15FO4. The fraction of sp³-hybridized carbons (Fsp3) is 0.105. The van der Waals surface area contributed by atoms with Crippen molar-refractivity contribution in [3.05, 3.63) is 83.2 Å². The zero-order chi connectivity index (χ0) is 17.5. The van der Waals surface area contributed by atoms with Gasteiger partial charge in [0, 0.05) is 17.2 Å². The van der Waals surface area contributed by atoms with Gasteiger partial charge in [0.2, 0.25) is 0 Å². The normalized spacial score (nSPS) is 11.0. The number of carbonyl (C=O) groups excluding carboxylic acids is 3. The molecule has 0 heterocycles. The van der Waals surface area contributed by atoms with Gasteiger partial charge in [0.25, 0.3) is 0 Å². The Hall–Kier alpha value is -3.08. The van der Waals surface area contributed by atoms with Crippen LogP contribution in [-0.2, 0) is 9.53 Å². The van der Waals surface area contributed by atoms with E-state index in [2.05, 4.69) is 0 Å². The third kappa shape index (κ3) is 4.23. The van der Waals surface area contributed by atoms with Gasteiger partial charge in [-0.3, -0.25) is 9.59 Å². The first-order chi connectivity index (χ1) is 11.5. The summed E-state index contributed by atoms with van der Waals surface area (Å²) in [6.45, 7) is 1.67. The van der Waals surface area contributed by atoms with Crippen molar-refractivity contribution in [3.63, 3.8) is 0 Å². The van der Waals surface area contributed by atoms with Crippen LogP contribution in [0.25, 0.3) is 0 Å². The molecule has 0 spiro atoms. The number of hydrogen-bond donors (Lipinski definition) is 0. The maximum atomic E-state index is 12.9. The molecule has 5 heteroatoms. The molecule has 24 heavy (non-hydrogen) atoms. The molecule has 122 valence electrons. The highest BCUT2D eigenvalue weighted by Gasteiger charge is 2.22. The van der Waals surface area contributed by atoms with Gasteiger partial charge in [0.1, 0.15) is 11.4 Å². The van der Waals surface area contributed by atoms with E-state index in [1.165, 1.54) is 24.3 Å². The highest BCUT2D eigenvalue weighted by atomic mass is 19.1. The number of carbonyl (C=O) groups is 3. The number of Topliss-reactive ketones (excluding diaryl/α,β-unsaturated/α-hetero) is 1. The van der Waals surface area contributed by atoms with Crippen molar-refractivity contribution in [1.82, 2.24) is 0 Å². The fourth-order valence-corrected chi connectivity index (χ4v) is 2.00. The van der Waals surface area contributed by atoms with Gasteiger partial charge in [0.15, 0.2) is 11.6 Å². The van der Waals surface area contributed by atoms with Gasteiger partial charge in [0.05, 0.1) is 6.61 Å². The summed E-state index contributed by atoms with van der Waals surface area (Å²) in [7, 11) is 0. The average Bonchev–Trinajstić information content (AvgIpc) is 2.60. The maximum Gasteiger partial charge on any atom is 0.342 e. The lowest BCUT2D eigenvalue weighted by atomic mass is 10.0. The van der Waals surface area contributed by atoms with Gasteiger partial charge in [-0.05, 0) is 31.2 Å². The van der Waals surface area contributed by atoms with E-state index in [0.717, 1.165) is 18.2 Å². The number of benzene rings is 2. The Balaban J connectivity index is 2.38. The first kappa shape index (κ1) is 17.3. The Morgan fingerprint density at radius 2 is 1.58 bits per heavy atom. The molecule has 0 aromatic heterocycles. The summed E-state index contributed by atoms with van der Waals surface area (Å²) < 4.78 is 17.8. The molecule has 0 aliphatic heterocycles. The minimum atomic E-state index is -0.873. The molecule has 0 amide bonds. The Bertz CT molecular complexity index is 777. The summed E-state index contributed by atoms with van der Waals surface area (Å²) >= 11 is 0. The number of rotatable bonds is 6. The molecule has 0 bridgehead atoms. The summed E-state index contributed by atoms with van der Waals surface area (Å²) in [6, 6.07) is 12.9. The number of ether oxygens (including phenoxy) is 1. The molecule has 2 rings (SSSR count). The van der Waals surface area contributed by atoms with Crippen molar-refractivity contribution in [3.8, 4) is 0 Å². The summed E-state index contributed by atoms with van der Waals surface area (Å²) in [6.07, 6.45) is 0.931. The van der Waals surface area contributed by atoms with E-state index in [-0.39, 0.29) is 23.3 Å². The zero-order valence-corrected chi connectivity index (χ0v) is 13.0. The molecule has 0 unspecified atom stereocenters. The Labute approximate surface area is 138 Å².